The Hall–Kier alpha value is -1.52. The van der Waals surface area contributed by atoms with Gasteiger partial charge in [0.25, 0.3) is 0 Å². The Balaban J connectivity index is 2.11. The van der Waals surface area contributed by atoms with Crippen molar-refractivity contribution in [1.29, 1.82) is 0 Å². The number of rotatable bonds is 2. The molecule has 1 fully saturated rings. The van der Waals surface area contributed by atoms with E-state index in [0.717, 1.165) is 29.7 Å². The number of aryl methyl sites for hydroxylation is 2. The number of fused-ring (bicyclic) bond motifs is 1. The molecular weight excluding hydrogens is 250 g/mol. The minimum absolute atomic E-state index is 0.387. The summed E-state index contributed by atoms with van der Waals surface area (Å²) < 4.78 is 4.17. The van der Waals surface area contributed by atoms with Crippen molar-refractivity contribution in [3.05, 3.63) is 5.69 Å². The Morgan fingerprint density at radius 2 is 2.15 bits per heavy atom. The fourth-order valence-electron chi connectivity index (χ4n) is 3.70. The summed E-state index contributed by atoms with van der Waals surface area (Å²) in [4.78, 5) is 4.59. The average Bonchev–Trinajstić information content (AvgIpc) is 2.85. The Morgan fingerprint density at radius 3 is 2.80 bits per heavy atom. The summed E-state index contributed by atoms with van der Waals surface area (Å²) in [5, 5.41) is 4.58. The predicted octanol–water partition coefficient (Wildman–Crippen LogP) is 3.06. The summed E-state index contributed by atoms with van der Waals surface area (Å²) in [6, 6.07) is 0.448. The zero-order valence-electron chi connectivity index (χ0n) is 13.0. The van der Waals surface area contributed by atoms with Crippen LogP contribution in [0.2, 0.25) is 0 Å². The molecule has 1 unspecified atom stereocenters. The largest absolute Gasteiger partial charge is 0.369 e. The highest BCUT2D eigenvalue weighted by atomic mass is 15.4. The maximum absolute atomic E-state index is 6.22. The Morgan fingerprint density at radius 1 is 1.40 bits per heavy atom. The Labute approximate surface area is 120 Å². The molecular formula is C15H25N5. The fourth-order valence-corrected chi connectivity index (χ4v) is 3.70. The molecule has 0 saturated heterocycles. The van der Waals surface area contributed by atoms with Crippen molar-refractivity contribution >= 4 is 17.1 Å². The lowest BCUT2D eigenvalue weighted by Gasteiger charge is -2.36. The minimum atomic E-state index is 0.387. The number of hydrogen-bond donors (Lipinski definition) is 1. The van der Waals surface area contributed by atoms with Gasteiger partial charge in [0.1, 0.15) is 5.52 Å². The molecule has 5 heteroatoms. The van der Waals surface area contributed by atoms with Gasteiger partial charge in [0.05, 0.1) is 5.69 Å². The van der Waals surface area contributed by atoms with Gasteiger partial charge in [-0.3, -0.25) is 9.25 Å². The van der Waals surface area contributed by atoms with Gasteiger partial charge >= 0.3 is 0 Å². The Bertz CT molecular complexity index is 634. The topological polar surface area (TPSA) is 61.7 Å². The van der Waals surface area contributed by atoms with E-state index in [1.54, 1.807) is 0 Å². The van der Waals surface area contributed by atoms with Crippen LogP contribution in [-0.2, 0) is 13.5 Å². The number of hydrogen-bond acceptors (Lipinski definition) is 3. The van der Waals surface area contributed by atoms with E-state index >= 15 is 0 Å². The van der Waals surface area contributed by atoms with E-state index in [0.29, 0.717) is 17.4 Å². The van der Waals surface area contributed by atoms with Crippen LogP contribution in [-0.4, -0.2) is 19.3 Å². The summed E-state index contributed by atoms with van der Waals surface area (Å²) in [5.41, 5.74) is 9.72. The zero-order valence-corrected chi connectivity index (χ0v) is 13.0. The molecule has 0 amide bonds. The van der Waals surface area contributed by atoms with E-state index < -0.39 is 0 Å². The van der Waals surface area contributed by atoms with Crippen LogP contribution in [0.1, 0.15) is 58.2 Å². The first-order valence-electron chi connectivity index (χ1n) is 7.62. The monoisotopic (exact) mass is 275 g/mol. The highest BCUT2D eigenvalue weighted by Gasteiger charge is 2.32. The second kappa shape index (κ2) is 4.50. The van der Waals surface area contributed by atoms with Crippen LogP contribution < -0.4 is 5.73 Å². The molecule has 1 aliphatic rings. The molecule has 0 aliphatic heterocycles. The first-order valence-corrected chi connectivity index (χ1v) is 7.62. The smallest absolute Gasteiger partial charge is 0.202 e. The first-order chi connectivity index (χ1) is 9.43. The normalized spacial score (nSPS) is 22.5. The molecule has 2 aromatic rings. The van der Waals surface area contributed by atoms with Crippen molar-refractivity contribution in [2.45, 2.75) is 58.9 Å². The summed E-state index contributed by atoms with van der Waals surface area (Å²) in [6.45, 7) is 6.81. The van der Waals surface area contributed by atoms with Gasteiger partial charge in [-0.05, 0) is 31.1 Å². The van der Waals surface area contributed by atoms with Crippen molar-refractivity contribution < 1.29 is 0 Å². The van der Waals surface area contributed by atoms with Crippen LogP contribution in [0, 0.1) is 5.41 Å². The van der Waals surface area contributed by atoms with Gasteiger partial charge in [-0.25, -0.2) is 4.98 Å². The van der Waals surface area contributed by atoms with Crippen molar-refractivity contribution in [2.24, 2.45) is 12.5 Å². The fraction of sp³-hybridized carbons (Fsp3) is 0.733. The third-order valence-corrected chi connectivity index (χ3v) is 4.64. The molecule has 2 heterocycles. The van der Waals surface area contributed by atoms with Crippen LogP contribution in [0.4, 0.5) is 5.95 Å². The van der Waals surface area contributed by atoms with E-state index in [1.807, 2.05) is 11.7 Å². The van der Waals surface area contributed by atoms with Crippen molar-refractivity contribution in [3.63, 3.8) is 0 Å². The van der Waals surface area contributed by atoms with Crippen molar-refractivity contribution in [1.82, 2.24) is 19.3 Å². The van der Waals surface area contributed by atoms with Gasteiger partial charge < -0.3 is 5.73 Å². The first kappa shape index (κ1) is 13.5. The molecule has 1 aliphatic carbocycles. The number of nitrogens with two attached hydrogens (primary N) is 1. The lowest BCUT2D eigenvalue weighted by atomic mass is 9.75. The molecule has 0 spiro atoms. The molecule has 2 aromatic heterocycles. The number of nitrogen functional groups attached to an aromatic ring is 1. The second-order valence-electron chi connectivity index (χ2n) is 6.85. The molecule has 0 radical (unpaired) electrons. The Kier molecular flexibility index (Phi) is 3.03. The lowest BCUT2D eigenvalue weighted by Crippen LogP contribution is -2.26. The van der Waals surface area contributed by atoms with Crippen molar-refractivity contribution in [3.8, 4) is 0 Å². The number of anilines is 1. The van der Waals surface area contributed by atoms with E-state index in [2.05, 4.69) is 35.4 Å². The van der Waals surface area contributed by atoms with Gasteiger partial charge in [-0.15, -0.1) is 0 Å². The van der Waals surface area contributed by atoms with Gasteiger partial charge in [0.2, 0.25) is 5.95 Å². The van der Waals surface area contributed by atoms with E-state index in [-0.39, 0.29) is 0 Å². The molecule has 0 aromatic carbocycles. The van der Waals surface area contributed by atoms with Crippen LogP contribution in [0.25, 0.3) is 11.2 Å². The zero-order chi connectivity index (χ0) is 14.5. The number of aromatic nitrogens is 4. The SMILES string of the molecule is CCc1nn(C)c2c1nc(N)n2C1CCCC(C)(C)C1. The molecule has 0 bridgehead atoms. The highest BCUT2D eigenvalue weighted by molar-refractivity contribution is 5.78. The highest BCUT2D eigenvalue weighted by Crippen LogP contribution is 2.43. The van der Waals surface area contributed by atoms with Gasteiger partial charge in [0.15, 0.2) is 5.65 Å². The van der Waals surface area contributed by atoms with Gasteiger partial charge in [-0.1, -0.05) is 27.2 Å². The second-order valence-corrected chi connectivity index (χ2v) is 6.85. The van der Waals surface area contributed by atoms with Crippen LogP contribution in [0.3, 0.4) is 0 Å². The molecule has 5 nitrogen and oxygen atoms in total. The third-order valence-electron chi connectivity index (χ3n) is 4.64. The molecule has 1 saturated carbocycles. The maximum Gasteiger partial charge on any atom is 0.202 e. The third kappa shape index (κ3) is 2.00. The summed E-state index contributed by atoms with van der Waals surface area (Å²) in [7, 11) is 1.99. The van der Waals surface area contributed by atoms with Gasteiger partial charge in [0, 0.05) is 13.1 Å². The number of imidazole rings is 1. The van der Waals surface area contributed by atoms with E-state index in [9.17, 15) is 0 Å². The summed E-state index contributed by atoms with van der Waals surface area (Å²) >= 11 is 0. The van der Waals surface area contributed by atoms with Crippen LogP contribution >= 0.6 is 0 Å². The molecule has 110 valence electrons. The molecule has 20 heavy (non-hydrogen) atoms. The van der Waals surface area contributed by atoms with E-state index in [4.69, 9.17) is 5.73 Å². The molecule has 1 atom stereocenters. The van der Waals surface area contributed by atoms with Crippen LogP contribution in [0.15, 0.2) is 0 Å². The molecule has 3 rings (SSSR count). The van der Waals surface area contributed by atoms with Gasteiger partial charge in [-0.2, -0.15) is 5.10 Å². The van der Waals surface area contributed by atoms with Crippen LogP contribution in [0.5, 0.6) is 0 Å². The van der Waals surface area contributed by atoms with E-state index in [1.165, 1.54) is 19.3 Å². The standard InChI is InChI=1S/C15H25N5/c1-5-11-12-13(19(4)18-11)20(14(16)17-12)10-7-6-8-15(2,3)9-10/h10H,5-9H2,1-4H3,(H2,16,17). The maximum atomic E-state index is 6.22. The lowest BCUT2D eigenvalue weighted by molar-refractivity contribution is 0.186. The number of nitrogens with zero attached hydrogens (tertiary/aromatic N) is 4. The minimum Gasteiger partial charge on any atom is -0.369 e. The van der Waals surface area contributed by atoms with Crippen molar-refractivity contribution in [2.75, 3.05) is 5.73 Å². The quantitative estimate of drug-likeness (QED) is 0.916. The molecule has 2 N–H and O–H groups in total. The predicted molar refractivity (Wildman–Crippen MR) is 81.6 cm³/mol. The average molecular weight is 275 g/mol. The summed E-state index contributed by atoms with van der Waals surface area (Å²) in [5.74, 6) is 0.644. The summed E-state index contributed by atoms with van der Waals surface area (Å²) in [6.07, 6.45) is 5.80.